The van der Waals surface area contributed by atoms with Crippen molar-refractivity contribution in [2.45, 2.75) is 36.0 Å². The Morgan fingerprint density at radius 3 is 2.81 bits per heavy atom. The predicted octanol–water partition coefficient (Wildman–Crippen LogP) is 3.10. The van der Waals surface area contributed by atoms with Gasteiger partial charge in [0.1, 0.15) is 12.1 Å². The predicted molar refractivity (Wildman–Crippen MR) is 119 cm³/mol. The first kappa shape index (κ1) is 20.7. The number of fused-ring (bicyclic) bond motifs is 2. The second-order valence-corrected chi connectivity index (χ2v) is 9.73. The first-order chi connectivity index (χ1) is 15.4. The number of nitrogens with one attached hydrogen (secondary N) is 1. The molecule has 8 nitrogen and oxygen atoms in total. The summed E-state index contributed by atoms with van der Waals surface area (Å²) in [5, 5.41) is 3.11. The van der Waals surface area contributed by atoms with Gasteiger partial charge in [0.15, 0.2) is 11.5 Å². The first-order valence-corrected chi connectivity index (χ1v) is 11.3. The highest BCUT2D eigenvalue weighted by molar-refractivity contribution is 8.00. The van der Waals surface area contributed by atoms with Crippen molar-refractivity contribution in [1.29, 1.82) is 0 Å². The van der Waals surface area contributed by atoms with Crippen LogP contribution in [0.2, 0.25) is 0 Å². The lowest BCUT2D eigenvalue weighted by atomic mass is 9.91. The highest BCUT2D eigenvalue weighted by Gasteiger charge is 2.50. The van der Waals surface area contributed by atoms with Crippen molar-refractivity contribution in [3.8, 4) is 11.5 Å². The largest absolute Gasteiger partial charge is 0.454 e. The molecule has 2 aromatic carbocycles. The SMILES string of the molecule is C[C@@H]1CCN(C(=O)CN2C(=O)N[C@](C)(c3ccc4c(c3)OCO4)C2=O)c2ccccc2S1. The summed E-state index contributed by atoms with van der Waals surface area (Å²) >= 11 is 1.73. The number of rotatable bonds is 3. The summed E-state index contributed by atoms with van der Waals surface area (Å²) in [6, 6.07) is 12.3. The van der Waals surface area contributed by atoms with E-state index < -0.39 is 17.5 Å². The van der Waals surface area contributed by atoms with Gasteiger partial charge in [0.25, 0.3) is 5.91 Å². The molecule has 3 aliphatic rings. The summed E-state index contributed by atoms with van der Waals surface area (Å²) in [5.74, 6) is 0.354. The number of imide groups is 1. The molecule has 9 heteroatoms. The molecule has 0 radical (unpaired) electrons. The van der Waals surface area contributed by atoms with Gasteiger partial charge in [-0.3, -0.25) is 14.5 Å². The van der Waals surface area contributed by atoms with Gasteiger partial charge in [0, 0.05) is 16.7 Å². The third-order valence-corrected chi connectivity index (χ3v) is 7.30. The number of hydrogen-bond acceptors (Lipinski definition) is 6. The molecule has 1 saturated heterocycles. The maximum Gasteiger partial charge on any atom is 0.325 e. The van der Waals surface area contributed by atoms with E-state index in [0.717, 1.165) is 21.9 Å². The molecule has 166 valence electrons. The summed E-state index contributed by atoms with van der Waals surface area (Å²) in [6.07, 6.45) is 0.820. The standard InChI is InChI=1S/C23H23N3O5S/c1-14-9-10-25(16-5-3-4-6-19(16)32-14)20(27)12-26-21(28)23(2,24-22(26)29)15-7-8-17-18(11-15)31-13-30-17/h3-8,11,14H,9-10,12-13H2,1-2H3,(H,24,29)/t14-,23-/m1/s1. The van der Waals surface area contributed by atoms with Gasteiger partial charge in [0.2, 0.25) is 12.7 Å². The van der Waals surface area contributed by atoms with Gasteiger partial charge in [-0.05, 0) is 43.2 Å². The summed E-state index contributed by atoms with van der Waals surface area (Å²) in [6.45, 7) is 4.09. The van der Waals surface area contributed by atoms with E-state index in [9.17, 15) is 14.4 Å². The summed E-state index contributed by atoms with van der Waals surface area (Å²) in [7, 11) is 0. The van der Waals surface area contributed by atoms with E-state index in [1.165, 1.54) is 0 Å². The monoisotopic (exact) mass is 453 g/mol. The van der Waals surface area contributed by atoms with Crippen LogP contribution >= 0.6 is 11.8 Å². The molecular weight excluding hydrogens is 430 g/mol. The minimum absolute atomic E-state index is 0.116. The van der Waals surface area contributed by atoms with Gasteiger partial charge in [-0.15, -0.1) is 11.8 Å². The number of carbonyl (C=O) groups excluding carboxylic acids is 3. The van der Waals surface area contributed by atoms with Crippen molar-refractivity contribution in [3.05, 3.63) is 48.0 Å². The van der Waals surface area contributed by atoms with E-state index in [1.807, 2.05) is 24.3 Å². The molecule has 32 heavy (non-hydrogen) atoms. The molecular formula is C23H23N3O5S. The molecule has 0 spiro atoms. The molecule has 3 aliphatic heterocycles. The Kier molecular flexibility index (Phi) is 5.00. The zero-order chi connectivity index (χ0) is 22.5. The van der Waals surface area contributed by atoms with E-state index in [-0.39, 0.29) is 19.2 Å². The van der Waals surface area contributed by atoms with E-state index in [2.05, 4.69) is 12.2 Å². The van der Waals surface area contributed by atoms with Gasteiger partial charge < -0.3 is 19.7 Å². The number of nitrogens with zero attached hydrogens (tertiary/aromatic N) is 2. The summed E-state index contributed by atoms with van der Waals surface area (Å²) in [5.41, 5.74) is 0.0946. The van der Waals surface area contributed by atoms with Crippen LogP contribution in [0.15, 0.2) is 47.4 Å². The quantitative estimate of drug-likeness (QED) is 0.719. The van der Waals surface area contributed by atoms with Gasteiger partial charge >= 0.3 is 6.03 Å². The normalized spacial score (nSPS) is 24.2. The Balaban J connectivity index is 1.39. The molecule has 3 heterocycles. The fourth-order valence-electron chi connectivity index (χ4n) is 4.21. The minimum atomic E-state index is -1.29. The van der Waals surface area contributed by atoms with Crippen LogP contribution in [0.4, 0.5) is 10.5 Å². The smallest absolute Gasteiger partial charge is 0.325 e. The molecule has 0 aliphatic carbocycles. The molecule has 0 saturated carbocycles. The van der Waals surface area contributed by atoms with Crippen molar-refractivity contribution in [3.63, 3.8) is 0 Å². The van der Waals surface area contributed by atoms with Gasteiger partial charge in [-0.2, -0.15) is 0 Å². The summed E-state index contributed by atoms with van der Waals surface area (Å²) < 4.78 is 10.7. The van der Waals surface area contributed by atoms with Crippen LogP contribution in [0.3, 0.4) is 0 Å². The summed E-state index contributed by atoms with van der Waals surface area (Å²) in [4.78, 5) is 43.0. The lowest BCUT2D eigenvalue weighted by Crippen LogP contribution is -2.45. The highest BCUT2D eigenvalue weighted by atomic mass is 32.2. The van der Waals surface area contributed by atoms with Crippen LogP contribution in [0, 0.1) is 0 Å². The minimum Gasteiger partial charge on any atom is -0.454 e. The molecule has 2 atom stereocenters. The first-order valence-electron chi connectivity index (χ1n) is 10.5. The number of benzene rings is 2. The van der Waals surface area contributed by atoms with E-state index >= 15 is 0 Å². The van der Waals surface area contributed by atoms with Crippen LogP contribution < -0.4 is 19.7 Å². The van der Waals surface area contributed by atoms with E-state index in [0.29, 0.717) is 28.9 Å². The Morgan fingerprint density at radius 2 is 1.97 bits per heavy atom. The van der Waals surface area contributed by atoms with Crippen LogP contribution in [-0.2, 0) is 15.1 Å². The topological polar surface area (TPSA) is 88.2 Å². The maximum atomic E-state index is 13.3. The third-order valence-electron chi connectivity index (χ3n) is 6.06. The number of ether oxygens (including phenoxy) is 2. The number of para-hydroxylation sites is 1. The van der Waals surface area contributed by atoms with E-state index in [4.69, 9.17) is 9.47 Å². The van der Waals surface area contributed by atoms with Crippen molar-refractivity contribution >= 4 is 35.3 Å². The number of anilines is 1. The Morgan fingerprint density at radius 1 is 1.19 bits per heavy atom. The molecule has 0 bridgehead atoms. The maximum absolute atomic E-state index is 13.3. The van der Waals surface area contributed by atoms with Crippen molar-refractivity contribution < 1.29 is 23.9 Å². The second-order valence-electron chi connectivity index (χ2n) is 8.24. The zero-order valence-electron chi connectivity index (χ0n) is 17.8. The second kappa shape index (κ2) is 7.74. The Labute approximate surface area is 189 Å². The Hall–Kier alpha value is -3.20. The molecule has 1 N–H and O–H groups in total. The molecule has 5 rings (SSSR count). The van der Waals surface area contributed by atoms with Crippen molar-refractivity contribution in [2.75, 3.05) is 24.8 Å². The van der Waals surface area contributed by atoms with Gasteiger partial charge in [-0.1, -0.05) is 25.1 Å². The average Bonchev–Trinajstić information content (AvgIpc) is 3.27. The fourth-order valence-corrected chi connectivity index (χ4v) is 5.32. The zero-order valence-corrected chi connectivity index (χ0v) is 18.6. The fraction of sp³-hybridized carbons (Fsp3) is 0.348. The van der Waals surface area contributed by atoms with Crippen molar-refractivity contribution in [1.82, 2.24) is 10.2 Å². The lowest BCUT2D eigenvalue weighted by Gasteiger charge is -2.25. The number of hydrogen-bond donors (Lipinski definition) is 1. The number of urea groups is 1. The molecule has 1 fully saturated rings. The van der Waals surface area contributed by atoms with Crippen LogP contribution in [0.5, 0.6) is 11.5 Å². The molecule has 2 aromatic rings. The molecule has 0 unspecified atom stereocenters. The van der Waals surface area contributed by atoms with Gasteiger partial charge in [-0.25, -0.2) is 4.79 Å². The van der Waals surface area contributed by atoms with E-state index in [1.54, 1.807) is 41.8 Å². The molecule has 0 aromatic heterocycles. The highest BCUT2D eigenvalue weighted by Crippen LogP contribution is 2.39. The lowest BCUT2D eigenvalue weighted by molar-refractivity contribution is -0.134. The number of thioether (sulfide) groups is 1. The van der Waals surface area contributed by atoms with Gasteiger partial charge in [0.05, 0.1) is 5.69 Å². The van der Waals surface area contributed by atoms with Crippen LogP contribution in [0.1, 0.15) is 25.8 Å². The number of carbonyl (C=O) groups is 3. The third kappa shape index (κ3) is 3.37. The Bertz CT molecular complexity index is 1120. The molecule has 4 amide bonds. The van der Waals surface area contributed by atoms with Crippen LogP contribution in [-0.4, -0.2) is 47.9 Å². The van der Waals surface area contributed by atoms with Crippen molar-refractivity contribution in [2.24, 2.45) is 0 Å². The average molecular weight is 454 g/mol. The number of amides is 4. The van der Waals surface area contributed by atoms with Crippen LogP contribution in [0.25, 0.3) is 0 Å².